The fourth-order valence-electron chi connectivity index (χ4n) is 4.71. The van der Waals surface area contributed by atoms with Crippen LogP contribution in [0.5, 0.6) is 5.75 Å². The van der Waals surface area contributed by atoms with Crippen LogP contribution in [-0.4, -0.2) is 78.0 Å². The number of H-pyrrole nitrogens is 1. The number of para-hydroxylation sites is 1. The van der Waals surface area contributed by atoms with Crippen LogP contribution in [0.3, 0.4) is 0 Å². The van der Waals surface area contributed by atoms with Gasteiger partial charge in [0.1, 0.15) is 47.4 Å². The molecule has 6 N–H and O–H groups in total. The average molecular weight is 602 g/mol. The second-order valence-electron chi connectivity index (χ2n) is 9.88. The number of aromatic nitrogens is 5. The van der Waals surface area contributed by atoms with Crippen LogP contribution in [0.4, 0.5) is 5.82 Å². The number of anilines is 1. The van der Waals surface area contributed by atoms with Crippen LogP contribution >= 0.6 is 7.75 Å². The zero-order valence-corrected chi connectivity index (χ0v) is 24.0. The maximum atomic E-state index is 13.8. The number of benzene rings is 1. The van der Waals surface area contributed by atoms with E-state index in [-0.39, 0.29) is 18.2 Å². The van der Waals surface area contributed by atoms with Crippen LogP contribution in [0.15, 0.2) is 55.1 Å². The molecule has 1 fully saturated rings. The minimum Gasteiger partial charge on any atom is -0.465 e. The molecular formula is C26H32N7O8P. The van der Waals surface area contributed by atoms with E-state index >= 15 is 0 Å². The summed E-state index contributed by atoms with van der Waals surface area (Å²) in [6, 6.07) is 8.91. The number of esters is 1. The zero-order chi connectivity index (χ0) is 30.1. The molecule has 0 bridgehead atoms. The first kappa shape index (κ1) is 29.6. The lowest BCUT2D eigenvalue weighted by atomic mass is 9.96. The summed E-state index contributed by atoms with van der Waals surface area (Å²) < 4.78 is 37.8. The molecule has 1 unspecified atom stereocenters. The number of aliphatic hydroxyl groups is 2. The molecule has 42 heavy (non-hydrogen) atoms. The molecule has 0 amide bonds. The van der Waals surface area contributed by atoms with E-state index in [0.717, 1.165) is 0 Å². The highest BCUT2D eigenvalue weighted by Crippen LogP contribution is 2.48. The van der Waals surface area contributed by atoms with Crippen LogP contribution in [0.1, 0.15) is 27.0 Å². The summed E-state index contributed by atoms with van der Waals surface area (Å²) in [7, 11) is -4.24. The molecule has 3 aromatic heterocycles. The molecule has 4 aromatic rings. The number of carbonyl (C=O) groups is 1. The third-order valence-electron chi connectivity index (χ3n) is 6.81. The molecule has 1 aromatic carbocycles. The Kier molecular flexibility index (Phi) is 8.32. The van der Waals surface area contributed by atoms with E-state index in [1.807, 2.05) is 0 Å². The van der Waals surface area contributed by atoms with Gasteiger partial charge >= 0.3 is 13.7 Å². The number of nitrogens with zero attached hydrogens (tertiary/aromatic N) is 4. The number of ether oxygens (including phenoxy) is 2. The van der Waals surface area contributed by atoms with E-state index in [2.05, 4.69) is 25.3 Å². The predicted octanol–water partition coefficient (Wildman–Crippen LogP) is 2.16. The van der Waals surface area contributed by atoms with Gasteiger partial charge in [0.2, 0.25) is 0 Å². The molecule has 5 rings (SSSR count). The Labute approximate surface area is 240 Å². The Morgan fingerprint density at radius 2 is 2.07 bits per heavy atom. The molecule has 15 nitrogen and oxygen atoms in total. The number of aromatic amines is 1. The maximum Gasteiger partial charge on any atom is 0.459 e. The van der Waals surface area contributed by atoms with Crippen LogP contribution in [0.25, 0.3) is 22.3 Å². The van der Waals surface area contributed by atoms with E-state index in [1.54, 1.807) is 55.7 Å². The highest BCUT2D eigenvalue weighted by Gasteiger charge is 2.54. The van der Waals surface area contributed by atoms with Crippen LogP contribution in [0.2, 0.25) is 0 Å². The topological polar surface area (TPSA) is 209 Å². The van der Waals surface area contributed by atoms with Crippen molar-refractivity contribution in [2.45, 2.75) is 50.8 Å². The summed E-state index contributed by atoms with van der Waals surface area (Å²) >= 11 is 0. The Morgan fingerprint density at radius 3 is 2.76 bits per heavy atom. The summed E-state index contributed by atoms with van der Waals surface area (Å²) in [5.74, 6) is -0.251. The SMILES string of the molecule is CCOC(=O)C(C)N[P@@](=O)(OC[C@H]1O[C@@H](n2cc(-c3ccn[nH]3)c3c(N)ncnc32)[C@](C)(O)[C@H]1O)Oc1ccccc1. The maximum absolute atomic E-state index is 13.8. The Bertz CT molecular complexity index is 1580. The minimum absolute atomic E-state index is 0.126. The largest absolute Gasteiger partial charge is 0.465 e. The zero-order valence-electron chi connectivity index (χ0n) is 23.1. The molecule has 0 saturated carbocycles. The third kappa shape index (κ3) is 5.75. The van der Waals surface area contributed by atoms with Gasteiger partial charge < -0.3 is 34.5 Å². The normalized spacial score (nSPS) is 24.4. The number of aliphatic hydroxyl groups excluding tert-OH is 1. The predicted molar refractivity (Wildman–Crippen MR) is 150 cm³/mol. The van der Waals surface area contributed by atoms with Crippen molar-refractivity contribution < 1.29 is 38.1 Å². The molecule has 0 radical (unpaired) electrons. The molecule has 224 valence electrons. The van der Waals surface area contributed by atoms with Gasteiger partial charge in [0.25, 0.3) is 0 Å². The van der Waals surface area contributed by atoms with Crippen molar-refractivity contribution in [3.05, 3.63) is 55.1 Å². The Morgan fingerprint density at radius 1 is 1.31 bits per heavy atom. The summed E-state index contributed by atoms with van der Waals surface area (Å²) in [5, 5.41) is 32.5. The van der Waals surface area contributed by atoms with Gasteiger partial charge in [-0.2, -0.15) is 10.2 Å². The molecule has 1 saturated heterocycles. The number of fused-ring (bicyclic) bond motifs is 1. The first-order valence-corrected chi connectivity index (χ1v) is 14.7. The van der Waals surface area contributed by atoms with Crippen molar-refractivity contribution in [1.82, 2.24) is 29.8 Å². The van der Waals surface area contributed by atoms with Crippen molar-refractivity contribution in [2.24, 2.45) is 0 Å². The van der Waals surface area contributed by atoms with Gasteiger partial charge in [0.05, 0.1) is 24.3 Å². The van der Waals surface area contributed by atoms with Gasteiger partial charge in [-0.15, -0.1) is 0 Å². The van der Waals surface area contributed by atoms with Crippen molar-refractivity contribution in [3.63, 3.8) is 0 Å². The lowest BCUT2D eigenvalue weighted by Crippen LogP contribution is -2.44. The fourth-order valence-corrected chi connectivity index (χ4v) is 6.22. The van der Waals surface area contributed by atoms with Crippen LogP contribution < -0.4 is 15.3 Å². The lowest BCUT2D eigenvalue weighted by Gasteiger charge is -2.27. The summed E-state index contributed by atoms with van der Waals surface area (Å²) in [6.07, 6.45) is 0.663. The van der Waals surface area contributed by atoms with E-state index in [1.165, 1.54) is 24.7 Å². The van der Waals surface area contributed by atoms with E-state index in [4.69, 9.17) is 24.3 Å². The monoisotopic (exact) mass is 601 g/mol. The van der Waals surface area contributed by atoms with Gasteiger partial charge in [0, 0.05) is 18.0 Å². The molecule has 16 heteroatoms. The van der Waals surface area contributed by atoms with E-state index in [0.29, 0.717) is 22.3 Å². The lowest BCUT2D eigenvalue weighted by molar-refractivity contribution is -0.144. The van der Waals surface area contributed by atoms with E-state index < -0.39 is 50.4 Å². The van der Waals surface area contributed by atoms with Gasteiger partial charge in [-0.05, 0) is 39.0 Å². The van der Waals surface area contributed by atoms with Gasteiger partial charge in [-0.25, -0.2) is 14.5 Å². The fraction of sp³-hybridized carbons (Fsp3) is 0.385. The average Bonchev–Trinajstić information content (AvgIpc) is 3.67. The molecular weight excluding hydrogens is 569 g/mol. The molecule has 0 spiro atoms. The Hall–Kier alpha value is -3.85. The number of rotatable bonds is 11. The second-order valence-corrected chi connectivity index (χ2v) is 11.6. The summed E-state index contributed by atoms with van der Waals surface area (Å²) in [5.41, 5.74) is 5.89. The first-order chi connectivity index (χ1) is 20.0. The van der Waals surface area contributed by atoms with Gasteiger partial charge in [-0.3, -0.25) is 14.4 Å². The molecule has 1 aliphatic heterocycles. The number of hydrogen-bond donors (Lipinski definition) is 5. The number of nitrogen functional groups attached to an aromatic ring is 1. The highest BCUT2D eigenvalue weighted by atomic mass is 31.2. The number of nitrogens with one attached hydrogen (secondary N) is 2. The second kappa shape index (κ2) is 11.8. The first-order valence-electron chi connectivity index (χ1n) is 13.1. The van der Waals surface area contributed by atoms with Crippen molar-refractivity contribution >= 4 is 30.6 Å². The van der Waals surface area contributed by atoms with Crippen LogP contribution in [0, 0.1) is 0 Å². The van der Waals surface area contributed by atoms with Gasteiger partial charge in [0.15, 0.2) is 6.23 Å². The van der Waals surface area contributed by atoms with Crippen molar-refractivity contribution in [2.75, 3.05) is 18.9 Å². The third-order valence-corrected chi connectivity index (χ3v) is 8.45. The summed E-state index contributed by atoms with van der Waals surface area (Å²) in [6.45, 7) is 4.14. The minimum atomic E-state index is -4.24. The van der Waals surface area contributed by atoms with E-state index in [9.17, 15) is 19.6 Å². The quantitative estimate of drug-likeness (QED) is 0.123. The summed E-state index contributed by atoms with van der Waals surface area (Å²) in [4.78, 5) is 20.7. The number of hydrogen-bond acceptors (Lipinski definition) is 12. The molecule has 1 aliphatic rings. The smallest absolute Gasteiger partial charge is 0.459 e. The molecule has 0 aliphatic carbocycles. The number of carbonyl (C=O) groups excluding carboxylic acids is 1. The number of nitrogens with two attached hydrogens (primary N) is 1. The highest BCUT2D eigenvalue weighted by molar-refractivity contribution is 7.52. The van der Waals surface area contributed by atoms with Crippen LogP contribution in [-0.2, 0) is 23.4 Å². The molecule has 6 atom stereocenters. The van der Waals surface area contributed by atoms with Crippen molar-refractivity contribution in [3.8, 4) is 17.0 Å². The van der Waals surface area contributed by atoms with Crippen molar-refractivity contribution in [1.29, 1.82) is 0 Å². The van der Waals surface area contributed by atoms with Gasteiger partial charge in [-0.1, -0.05) is 18.2 Å². The Balaban J connectivity index is 1.41. The standard InChI is InChI=1S/C26H32N7O8P/c1-4-38-24(35)15(2)32-42(37,41-16-8-6-5-7-9-16)39-13-19-21(34)26(3,36)25(40-19)33-12-17(18-10-11-30-31-18)20-22(27)28-14-29-23(20)33/h5-12,14-15,19,21,25,34,36H,4,13H2,1-3H3,(H,30,31)(H,32,37)(H2,27,28,29)/t15?,19-,21+,25-,26-,42-/m1/s1. The molecule has 4 heterocycles.